The number of nitrogens with zero attached hydrogens (tertiary/aromatic N) is 2. The maximum Gasteiger partial charge on any atom is 0.266 e. The van der Waals surface area contributed by atoms with Gasteiger partial charge >= 0.3 is 0 Å². The van der Waals surface area contributed by atoms with E-state index in [1.165, 1.54) is 5.56 Å². The third-order valence-corrected chi connectivity index (χ3v) is 7.05. The number of halogens is 1. The molecule has 0 atom stereocenters. The molecule has 0 radical (unpaired) electrons. The standard InChI is InChI=1S/C34H26BrN3O/c1-2-24-13-17-30(18-14-24)37-34(39)28(23-36)21-27-22-32(25-9-5-3-6-10-25)38(31-19-15-29(35)16-20-31)33(27)26-11-7-4-8-12-26/h3-22H,2H2,1H3,(H,37,39)/b28-21-. The Kier molecular flexibility index (Phi) is 7.86. The van der Waals surface area contributed by atoms with Crippen LogP contribution in [0.3, 0.4) is 0 Å². The first-order valence-electron chi connectivity index (χ1n) is 12.7. The van der Waals surface area contributed by atoms with E-state index in [1.807, 2.05) is 103 Å². The van der Waals surface area contributed by atoms with Crippen LogP contribution >= 0.6 is 15.9 Å². The minimum absolute atomic E-state index is 0.0271. The number of aryl methyl sites for hydroxylation is 1. The van der Waals surface area contributed by atoms with E-state index < -0.39 is 5.91 Å². The lowest BCUT2D eigenvalue weighted by atomic mass is 10.0. The van der Waals surface area contributed by atoms with Crippen LogP contribution in [0.5, 0.6) is 0 Å². The quantitative estimate of drug-likeness (QED) is 0.157. The average Bonchev–Trinajstić information content (AvgIpc) is 3.36. The number of anilines is 1. The zero-order valence-corrected chi connectivity index (χ0v) is 23.0. The molecule has 0 aliphatic rings. The Balaban J connectivity index is 1.68. The molecule has 1 aromatic heterocycles. The van der Waals surface area contributed by atoms with Crippen molar-refractivity contribution >= 4 is 33.6 Å². The largest absolute Gasteiger partial charge is 0.321 e. The lowest BCUT2D eigenvalue weighted by molar-refractivity contribution is -0.112. The van der Waals surface area contributed by atoms with Gasteiger partial charge in [0.05, 0.1) is 11.4 Å². The summed E-state index contributed by atoms with van der Waals surface area (Å²) >= 11 is 3.54. The van der Waals surface area contributed by atoms with Crippen LogP contribution in [0.4, 0.5) is 5.69 Å². The van der Waals surface area contributed by atoms with Gasteiger partial charge in [0.25, 0.3) is 5.91 Å². The van der Waals surface area contributed by atoms with Gasteiger partial charge in [0.15, 0.2) is 0 Å². The molecule has 1 heterocycles. The number of amides is 1. The zero-order chi connectivity index (χ0) is 27.2. The van der Waals surface area contributed by atoms with Gasteiger partial charge in [0.2, 0.25) is 0 Å². The number of nitrogens with one attached hydrogen (secondary N) is 1. The Hall–Kier alpha value is -4.66. The number of benzene rings is 4. The summed E-state index contributed by atoms with van der Waals surface area (Å²) in [6.45, 7) is 2.08. The Morgan fingerprint density at radius 1 is 0.872 bits per heavy atom. The molecular formula is C34H26BrN3O. The minimum atomic E-state index is -0.446. The first kappa shape index (κ1) is 26.0. The molecule has 1 N–H and O–H groups in total. The van der Waals surface area contributed by atoms with Crippen LogP contribution in [0, 0.1) is 11.3 Å². The smallest absolute Gasteiger partial charge is 0.266 e. The molecule has 0 saturated heterocycles. The van der Waals surface area contributed by atoms with Crippen molar-refractivity contribution in [2.75, 3.05) is 5.32 Å². The second-order valence-electron chi connectivity index (χ2n) is 9.05. The Morgan fingerprint density at radius 3 is 2.08 bits per heavy atom. The van der Waals surface area contributed by atoms with E-state index in [4.69, 9.17) is 0 Å². The van der Waals surface area contributed by atoms with E-state index in [2.05, 4.69) is 50.9 Å². The lowest BCUT2D eigenvalue weighted by Gasteiger charge is -2.15. The summed E-state index contributed by atoms with van der Waals surface area (Å²) in [6, 6.07) is 40.1. The van der Waals surface area contributed by atoms with Gasteiger partial charge in [0, 0.05) is 21.4 Å². The van der Waals surface area contributed by atoms with Crippen LogP contribution in [0.1, 0.15) is 18.1 Å². The van der Waals surface area contributed by atoms with Crippen molar-refractivity contribution in [2.45, 2.75) is 13.3 Å². The Labute approximate surface area is 237 Å². The van der Waals surface area contributed by atoms with E-state index in [-0.39, 0.29) is 5.57 Å². The molecule has 0 aliphatic carbocycles. The third kappa shape index (κ3) is 5.77. The van der Waals surface area contributed by atoms with Crippen LogP contribution in [0.25, 0.3) is 34.3 Å². The van der Waals surface area contributed by atoms with Gasteiger partial charge < -0.3 is 9.88 Å². The zero-order valence-electron chi connectivity index (χ0n) is 21.4. The maximum absolute atomic E-state index is 13.2. The van der Waals surface area contributed by atoms with Crippen LogP contribution in [-0.4, -0.2) is 10.5 Å². The molecule has 5 rings (SSSR count). The first-order chi connectivity index (χ1) is 19.1. The van der Waals surface area contributed by atoms with E-state index in [1.54, 1.807) is 6.08 Å². The topological polar surface area (TPSA) is 57.8 Å². The summed E-state index contributed by atoms with van der Waals surface area (Å²) in [7, 11) is 0. The second kappa shape index (κ2) is 11.8. The monoisotopic (exact) mass is 571 g/mol. The number of carbonyl (C=O) groups excluding carboxylic acids is 1. The number of carbonyl (C=O) groups is 1. The van der Waals surface area contributed by atoms with Crippen molar-refractivity contribution in [1.29, 1.82) is 5.26 Å². The van der Waals surface area contributed by atoms with E-state index in [0.29, 0.717) is 5.69 Å². The van der Waals surface area contributed by atoms with Gasteiger partial charge in [-0.3, -0.25) is 4.79 Å². The van der Waals surface area contributed by atoms with E-state index in [0.717, 1.165) is 44.7 Å². The SMILES string of the molecule is CCc1ccc(NC(=O)/C(C#N)=C\c2cc(-c3ccccc3)n(-c3ccc(Br)cc3)c2-c2ccccc2)cc1. The summed E-state index contributed by atoms with van der Waals surface area (Å²) in [5, 5.41) is 12.9. The highest BCUT2D eigenvalue weighted by atomic mass is 79.9. The molecule has 5 heteroatoms. The molecule has 4 nitrogen and oxygen atoms in total. The molecule has 0 fully saturated rings. The van der Waals surface area contributed by atoms with E-state index in [9.17, 15) is 10.1 Å². The highest BCUT2D eigenvalue weighted by molar-refractivity contribution is 9.10. The summed E-state index contributed by atoms with van der Waals surface area (Å²) in [4.78, 5) is 13.2. The molecule has 0 bridgehead atoms. The van der Waals surface area contributed by atoms with Gasteiger partial charge in [-0.2, -0.15) is 5.26 Å². The highest BCUT2D eigenvalue weighted by Crippen LogP contribution is 2.37. The molecular weight excluding hydrogens is 546 g/mol. The maximum atomic E-state index is 13.2. The predicted molar refractivity (Wildman–Crippen MR) is 162 cm³/mol. The number of hydrogen-bond donors (Lipinski definition) is 1. The van der Waals surface area contributed by atoms with Gasteiger partial charge in [-0.05, 0) is 71.7 Å². The Bertz CT molecular complexity index is 1660. The predicted octanol–water partition coefficient (Wildman–Crippen LogP) is 8.68. The molecule has 1 amide bonds. The van der Waals surface area contributed by atoms with Crippen molar-refractivity contribution < 1.29 is 4.79 Å². The second-order valence-corrected chi connectivity index (χ2v) is 9.97. The van der Waals surface area contributed by atoms with Gasteiger partial charge in [-0.1, -0.05) is 95.7 Å². The summed E-state index contributed by atoms with van der Waals surface area (Å²) in [5.74, 6) is -0.446. The fourth-order valence-electron chi connectivity index (χ4n) is 4.54. The summed E-state index contributed by atoms with van der Waals surface area (Å²) < 4.78 is 3.16. The first-order valence-corrected chi connectivity index (χ1v) is 13.5. The van der Waals surface area contributed by atoms with Crippen LogP contribution in [-0.2, 0) is 11.2 Å². The number of nitriles is 1. The fourth-order valence-corrected chi connectivity index (χ4v) is 4.80. The normalized spacial score (nSPS) is 11.2. The number of aromatic nitrogens is 1. The van der Waals surface area contributed by atoms with Crippen molar-refractivity contribution in [3.8, 4) is 34.3 Å². The summed E-state index contributed by atoms with van der Waals surface area (Å²) in [5.41, 5.74) is 7.45. The molecule has 5 aromatic rings. The van der Waals surface area contributed by atoms with Crippen molar-refractivity contribution in [3.63, 3.8) is 0 Å². The lowest BCUT2D eigenvalue weighted by Crippen LogP contribution is -2.13. The highest BCUT2D eigenvalue weighted by Gasteiger charge is 2.20. The molecule has 190 valence electrons. The van der Waals surface area contributed by atoms with Gasteiger partial charge in [0.1, 0.15) is 11.6 Å². The molecule has 0 unspecified atom stereocenters. The van der Waals surface area contributed by atoms with E-state index >= 15 is 0 Å². The van der Waals surface area contributed by atoms with Crippen molar-refractivity contribution in [1.82, 2.24) is 4.57 Å². The van der Waals surface area contributed by atoms with Crippen molar-refractivity contribution in [3.05, 3.63) is 136 Å². The van der Waals surface area contributed by atoms with Crippen LogP contribution < -0.4 is 5.32 Å². The average molecular weight is 573 g/mol. The molecule has 0 saturated carbocycles. The third-order valence-electron chi connectivity index (χ3n) is 6.52. The number of rotatable bonds is 7. The van der Waals surface area contributed by atoms with Crippen LogP contribution in [0.2, 0.25) is 0 Å². The van der Waals surface area contributed by atoms with Gasteiger partial charge in [-0.15, -0.1) is 0 Å². The number of hydrogen-bond acceptors (Lipinski definition) is 2. The molecule has 4 aromatic carbocycles. The molecule has 0 aliphatic heterocycles. The minimum Gasteiger partial charge on any atom is -0.321 e. The Morgan fingerprint density at radius 2 is 1.49 bits per heavy atom. The molecule has 39 heavy (non-hydrogen) atoms. The molecule has 0 spiro atoms. The van der Waals surface area contributed by atoms with Crippen LogP contribution in [0.15, 0.2) is 125 Å². The summed E-state index contributed by atoms with van der Waals surface area (Å²) in [6.07, 6.45) is 2.60. The fraction of sp³-hybridized carbons (Fsp3) is 0.0588. The van der Waals surface area contributed by atoms with Gasteiger partial charge in [-0.25, -0.2) is 0 Å². The van der Waals surface area contributed by atoms with Crippen molar-refractivity contribution in [2.24, 2.45) is 0 Å².